The van der Waals surface area contributed by atoms with Crippen molar-refractivity contribution < 1.29 is 8.42 Å². The third-order valence-corrected chi connectivity index (χ3v) is 5.46. The summed E-state index contributed by atoms with van der Waals surface area (Å²) in [6.07, 6.45) is 1.80. The number of nitriles is 1. The van der Waals surface area contributed by atoms with E-state index in [2.05, 4.69) is 4.72 Å². The number of rotatable bonds is 4. The highest BCUT2D eigenvalue weighted by Gasteiger charge is 2.20. The summed E-state index contributed by atoms with van der Waals surface area (Å²) in [4.78, 5) is 0. The SMILES string of the molecule is N#Cc1ccc(CS(=O)(=O)NC2CCSCC2)cc1. The first-order valence-electron chi connectivity index (χ1n) is 6.16. The smallest absolute Gasteiger partial charge is 0.212 e. The van der Waals surface area contributed by atoms with E-state index in [0.29, 0.717) is 11.1 Å². The highest BCUT2D eigenvalue weighted by molar-refractivity contribution is 7.99. The quantitative estimate of drug-likeness (QED) is 0.921. The molecule has 1 heterocycles. The number of benzene rings is 1. The molecular weight excluding hydrogens is 280 g/mol. The van der Waals surface area contributed by atoms with Crippen molar-refractivity contribution in [3.8, 4) is 6.07 Å². The summed E-state index contributed by atoms with van der Waals surface area (Å²) >= 11 is 1.87. The van der Waals surface area contributed by atoms with Gasteiger partial charge in [0.2, 0.25) is 10.0 Å². The molecule has 0 aromatic heterocycles. The highest BCUT2D eigenvalue weighted by atomic mass is 32.2. The molecule has 102 valence electrons. The van der Waals surface area contributed by atoms with Gasteiger partial charge < -0.3 is 0 Å². The summed E-state index contributed by atoms with van der Waals surface area (Å²) in [5, 5.41) is 8.69. The molecule has 1 aliphatic rings. The maximum absolute atomic E-state index is 12.0. The van der Waals surface area contributed by atoms with Crippen LogP contribution in [-0.2, 0) is 15.8 Å². The van der Waals surface area contributed by atoms with Crippen molar-refractivity contribution in [1.82, 2.24) is 4.72 Å². The summed E-state index contributed by atoms with van der Waals surface area (Å²) in [6.45, 7) is 0. The molecule has 1 aliphatic heterocycles. The lowest BCUT2D eigenvalue weighted by Crippen LogP contribution is -2.37. The van der Waals surface area contributed by atoms with Crippen LogP contribution in [0.4, 0.5) is 0 Å². The molecule has 0 bridgehead atoms. The average molecular weight is 296 g/mol. The predicted octanol–water partition coefficient (Wildman–Crippen LogP) is 1.87. The van der Waals surface area contributed by atoms with Gasteiger partial charge in [-0.1, -0.05) is 12.1 Å². The zero-order valence-corrected chi connectivity index (χ0v) is 12.1. The molecule has 0 amide bonds. The van der Waals surface area contributed by atoms with Gasteiger partial charge in [0.25, 0.3) is 0 Å². The highest BCUT2D eigenvalue weighted by Crippen LogP contribution is 2.18. The molecule has 0 saturated carbocycles. The maximum Gasteiger partial charge on any atom is 0.216 e. The number of nitrogens with zero attached hydrogens (tertiary/aromatic N) is 1. The van der Waals surface area contributed by atoms with E-state index in [1.165, 1.54) is 0 Å². The van der Waals surface area contributed by atoms with Crippen LogP contribution in [0.25, 0.3) is 0 Å². The Morgan fingerprint density at radius 2 is 1.89 bits per heavy atom. The zero-order chi connectivity index (χ0) is 13.7. The lowest BCUT2D eigenvalue weighted by molar-refractivity contribution is 0.528. The Bertz CT molecular complexity index is 555. The summed E-state index contributed by atoms with van der Waals surface area (Å²) in [7, 11) is -3.30. The number of sulfonamides is 1. The first-order valence-corrected chi connectivity index (χ1v) is 8.96. The second-order valence-electron chi connectivity index (χ2n) is 4.57. The first kappa shape index (κ1) is 14.4. The molecule has 1 saturated heterocycles. The number of nitrogens with one attached hydrogen (secondary N) is 1. The molecular formula is C13H16N2O2S2. The van der Waals surface area contributed by atoms with Crippen molar-refractivity contribution in [3.63, 3.8) is 0 Å². The fraction of sp³-hybridized carbons (Fsp3) is 0.462. The summed E-state index contributed by atoms with van der Waals surface area (Å²) in [6, 6.07) is 8.75. The van der Waals surface area contributed by atoms with E-state index in [9.17, 15) is 8.42 Å². The summed E-state index contributed by atoms with van der Waals surface area (Å²) < 4.78 is 26.8. The van der Waals surface area contributed by atoms with Crippen LogP contribution < -0.4 is 4.72 Å². The minimum Gasteiger partial charge on any atom is -0.212 e. The normalized spacial score (nSPS) is 17.0. The molecule has 1 fully saturated rings. The van der Waals surface area contributed by atoms with Gasteiger partial charge in [-0.2, -0.15) is 17.0 Å². The predicted molar refractivity (Wildman–Crippen MR) is 77.3 cm³/mol. The van der Waals surface area contributed by atoms with Gasteiger partial charge >= 0.3 is 0 Å². The van der Waals surface area contributed by atoms with Gasteiger partial charge in [-0.3, -0.25) is 0 Å². The standard InChI is InChI=1S/C13H16N2O2S2/c14-9-11-1-3-12(4-2-11)10-19(16,17)15-13-5-7-18-8-6-13/h1-4,13,15H,5-8,10H2. The molecule has 1 aromatic rings. The number of hydrogen-bond acceptors (Lipinski definition) is 4. The minimum absolute atomic E-state index is 0.0254. The largest absolute Gasteiger partial charge is 0.216 e. The Morgan fingerprint density at radius 3 is 2.47 bits per heavy atom. The molecule has 0 aliphatic carbocycles. The Morgan fingerprint density at radius 1 is 1.26 bits per heavy atom. The van der Waals surface area contributed by atoms with E-state index in [-0.39, 0.29) is 11.8 Å². The van der Waals surface area contributed by atoms with Crippen molar-refractivity contribution in [2.45, 2.75) is 24.6 Å². The molecule has 0 atom stereocenters. The van der Waals surface area contributed by atoms with Gasteiger partial charge in [-0.15, -0.1) is 0 Å². The Hall–Kier alpha value is -1.03. The lowest BCUT2D eigenvalue weighted by Gasteiger charge is -2.22. The van der Waals surface area contributed by atoms with Crippen LogP contribution in [0.3, 0.4) is 0 Å². The number of hydrogen-bond donors (Lipinski definition) is 1. The van der Waals surface area contributed by atoms with E-state index in [1.54, 1.807) is 24.3 Å². The third kappa shape index (κ3) is 4.53. The van der Waals surface area contributed by atoms with E-state index in [1.807, 2.05) is 17.8 Å². The van der Waals surface area contributed by atoms with Gasteiger partial charge in [-0.25, -0.2) is 13.1 Å². The summed E-state index contributed by atoms with van der Waals surface area (Å²) in [5.74, 6) is 2.01. The van der Waals surface area contributed by atoms with Crippen LogP contribution >= 0.6 is 11.8 Å². The van der Waals surface area contributed by atoms with Gasteiger partial charge in [-0.05, 0) is 42.0 Å². The second-order valence-corrected chi connectivity index (χ2v) is 7.55. The molecule has 19 heavy (non-hydrogen) atoms. The molecule has 6 heteroatoms. The van der Waals surface area contributed by atoms with Gasteiger partial charge in [0.1, 0.15) is 0 Å². The fourth-order valence-electron chi connectivity index (χ4n) is 2.01. The van der Waals surface area contributed by atoms with Crippen LogP contribution in [0.2, 0.25) is 0 Å². The number of thioether (sulfide) groups is 1. The fourth-order valence-corrected chi connectivity index (χ4v) is 4.57. The van der Waals surface area contributed by atoms with Gasteiger partial charge in [0.15, 0.2) is 0 Å². The lowest BCUT2D eigenvalue weighted by atomic mass is 10.2. The van der Waals surface area contributed by atoms with Gasteiger partial charge in [0.05, 0.1) is 17.4 Å². The van der Waals surface area contributed by atoms with Crippen LogP contribution in [-0.4, -0.2) is 26.0 Å². The van der Waals surface area contributed by atoms with Crippen molar-refractivity contribution in [1.29, 1.82) is 5.26 Å². The van der Waals surface area contributed by atoms with E-state index in [4.69, 9.17) is 5.26 Å². The Balaban J connectivity index is 1.97. The first-order chi connectivity index (χ1) is 9.09. The Labute approximate surface area is 118 Å². The molecule has 1 N–H and O–H groups in total. The van der Waals surface area contributed by atoms with E-state index < -0.39 is 10.0 Å². The van der Waals surface area contributed by atoms with Crippen LogP contribution in [0, 0.1) is 11.3 Å². The van der Waals surface area contributed by atoms with Crippen LogP contribution in [0.1, 0.15) is 24.0 Å². The molecule has 0 radical (unpaired) electrons. The van der Waals surface area contributed by atoms with Crippen molar-refractivity contribution in [3.05, 3.63) is 35.4 Å². The molecule has 2 rings (SSSR count). The zero-order valence-electron chi connectivity index (χ0n) is 10.5. The van der Waals surface area contributed by atoms with Crippen molar-refractivity contribution in [2.75, 3.05) is 11.5 Å². The monoisotopic (exact) mass is 296 g/mol. The minimum atomic E-state index is -3.30. The van der Waals surface area contributed by atoms with Crippen LogP contribution in [0.5, 0.6) is 0 Å². The molecule has 1 aromatic carbocycles. The second kappa shape index (κ2) is 6.42. The maximum atomic E-state index is 12.0. The molecule has 0 spiro atoms. The summed E-state index contributed by atoms with van der Waals surface area (Å²) in [5.41, 5.74) is 1.25. The third-order valence-electron chi connectivity index (χ3n) is 3.01. The molecule has 0 unspecified atom stereocenters. The van der Waals surface area contributed by atoms with E-state index in [0.717, 1.165) is 24.3 Å². The van der Waals surface area contributed by atoms with E-state index >= 15 is 0 Å². The average Bonchev–Trinajstić information content (AvgIpc) is 2.39. The Kier molecular flexibility index (Phi) is 4.86. The van der Waals surface area contributed by atoms with Crippen molar-refractivity contribution >= 4 is 21.8 Å². The topological polar surface area (TPSA) is 70.0 Å². The van der Waals surface area contributed by atoms with Crippen LogP contribution in [0.15, 0.2) is 24.3 Å². The van der Waals surface area contributed by atoms with Crippen molar-refractivity contribution in [2.24, 2.45) is 0 Å². The molecule has 4 nitrogen and oxygen atoms in total. The van der Waals surface area contributed by atoms with Gasteiger partial charge in [0, 0.05) is 6.04 Å².